The third-order valence-corrected chi connectivity index (χ3v) is 1.95. The number of hydrogen-bond donors (Lipinski definition) is 2. The van der Waals surface area contributed by atoms with Crippen LogP contribution in [0.5, 0.6) is 0 Å². The van der Waals surface area contributed by atoms with Gasteiger partial charge in [0.1, 0.15) is 0 Å². The van der Waals surface area contributed by atoms with Crippen molar-refractivity contribution in [2.24, 2.45) is 5.73 Å². The Balaban J connectivity index is 2.43. The zero-order chi connectivity index (χ0) is 8.27. The molecule has 4 nitrogen and oxygen atoms in total. The van der Waals surface area contributed by atoms with Gasteiger partial charge in [-0.25, -0.2) is 0 Å². The van der Waals surface area contributed by atoms with Gasteiger partial charge in [0.2, 0.25) is 0 Å². The molecular formula is C6H11N3OS. The van der Waals surface area contributed by atoms with Crippen molar-refractivity contribution in [3.8, 4) is 0 Å². The molecule has 0 aliphatic rings. The molecule has 0 aromatic carbocycles. The summed E-state index contributed by atoms with van der Waals surface area (Å²) < 4.78 is 7.77. The van der Waals surface area contributed by atoms with Gasteiger partial charge >= 0.3 is 0 Å². The summed E-state index contributed by atoms with van der Waals surface area (Å²) in [5, 5.41) is 9.31. The first-order valence-electron chi connectivity index (χ1n) is 3.40. The average molecular weight is 173 g/mol. The highest BCUT2D eigenvalue weighted by molar-refractivity contribution is 6.99. The molecule has 0 fully saturated rings. The number of nitrogens with zero attached hydrogens (tertiary/aromatic N) is 2. The molecule has 1 aromatic heterocycles. The van der Waals surface area contributed by atoms with Crippen molar-refractivity contribution in [1.29, 1.82) is 0 Å². The maximum Gasteiger partial charge on any atom is 0.0769 e. The summed E-state index contributed by atoms with van der Waals surface area (Å²) in [5.74, 6) is 0. The van der Waals surface area contributed by atoms with Gasteiger partial charge in [-0.1, -0.05) is 0 Å². The molecule has 5 heteroatoms. The van der Waals surface area contributed by atoms with E-state index in [1.54, 1.807) is 13.1 Å². The lowest BCUT2D eigenvalue weighted by Crippen LogP contribution is -2.33. The highest BCUT2D eigenvalue weighted by Gasteiger charge is 2.11. The number of aromatic nitrogens is 2. The molecule has 62 valence electrons. The summed E-state index contributed by atoms with van der Waals surface area (Å²) in [4.78, 5) is 0. The number of hydrogen-bond acceptors (Lipinski definition) is 5. The van der Waals surface area contributed by atoms with Crippen molar-refractivity contribution in [1.82, 2.24) is 8.75 Å². The Bertz CT molecular complexity index is 200. The normalized spacial score (nSPS) is 16.3. The van der Waals surface area contributed by atoms with E-state index >= 15 is 0 Å². The number of rotatable bonds is 3. The van der Waals surface area contributed by atoms with Gasteiger partial charge in [-0.3, -0.25) is 0 Å². The highest BCUT2D eigenvalue weighted by Crippen LogP contribution is 2.02. The zero-order valence-corrected chi connectivity index (χ0v) is 7.08. The Labute approximate surface area is 69.4 Å². The van der Waals surface area contributed by atoms with Crippen LogP contribution in [-0.2, 0) is 6.42 Å². The molecule has 2 atom stereocenters. The van der Waals surface area contributed by atoms with E-state index in [1.165, 1.54) is 0 Å². The molecule has 0 bridgehead atoms. The molecule has 0 spiro atoms. The van der Waals surface area contributed by atoms with Crippen LogP contribution in [0, 0.1) is 0 Å². The summed E-state index contributed by atoms with van der Waals surface area (Å²) in [6, 6.07) is -0.211. The minimum Gasteiger partial charge on any atom is -0.391 e. The Kier molecular flexibility index (Phi) is 2.92. The van der Waals surface area contributed by atoms with E-state index in [-0.39, 0.29) is 6.04 Å². The van der Waals surface area contributed by atoms with E-state index in [9.17, 15) is 5.11 Å². The molecule has 1 heterocycles. The fraction of sp³-hybridized carbons (Fsp3) is 0.667. The van der Waals surface area contributed by atoms with E-state index < -0.39 is 6.10 Å². The van der Waals surface area contributed by atoms with Gasteiger partial charge in [0.25, 0.3) is 0 Å². The maximum absolute atomic E-state index is 9.31. The molecule has 1 rings (SSSR count). The largest absolute Gasteiger partial charge is 0.391 e. The van der Waals surface area contributed by atoms with Crippen LogP contribution in [0.4, 0.5) is 0 Å². The van der Waals surface area contributed by atoms with E-state index in [2.05, 4.69) is 8.75 Å². The van der Waals surface area contributed by atoms with Gasteiger partial charge in [-0.2, -0.15) is 8.75 Å². The van der Waals surface area contributed by atoms with Gasteiger partial charge < -0.3 is 10.8 Å². The van der Waals surface area contributed by atoms with Crippen molar-refractivity contribution in [2.45, 2.75) is 25.5 Å². The third kappa shape index (κ3) is 2.53. The topological polar surface area (TPSA) is 72.0 Å². The van der Waals surface area contributed by atoms with E-state index in [4.69, 9.17) is 5.73 Å². The van der Waals surface area contributed by atoms with E-state index in [1.807, 2.05) is 0 Å². The Morgan fingerprint density at radius 1 is 1.82 bits per heavy atom. The number of aliphatic hydroxyl groups is 1. The minimum atomic E-state index is -0.515. The fourth-order valence-electron chi connectivity index (χ4n) is 0.674. The monoisotopic (exact) mass is 173 g/mol. The van der Waals surface area contributed by atoms with Crippen LogP contribution in [0.15, 0.2) is 6.20 Å². The lowest BCUT2D eigenvalue weighted by atomic mass is 10.1. The summed E-state index contributed by atoms with van der Waals surface area (Å²) in [6.07, 6.45) is 1.63. The van der Waals surface area contributed by atoms with Gasteiger partial charge in [-0.15, -0.1) is 0 Å². The predicted octanol–water partition coefficient (Wildman–Crippen LogP) is -0.211. The third-order valence-electron chi connectivity index (χ3n) is 1.43. The van der Waals surface area contributed by atoms with Crippen LogP contribution < -0.4 is 5.73 Å². The van der Waals surface area contributed by atoms with Crippen LogP contribution in [-0.4, -0.2) is 26.0 Å². The van der Waals surface area contributed by atoms with Crippen molar-refractivity contribution in [2.75, 3.05) is 0 Å². The van der Waals surface area contributed by atoms with Crippen LogP contribution in [0.1, 0.15) is 12.6 Å². The predicted molar refractivity (Wildman–Crippen MR) is 43.3 cm³/mol. The summed E-state index contributed by atoms with van der Waals surface area (Å²) in [7, 11) is 0. The van der Waals surface area contributed by atoms with Crippen LogP contribution in [0.2, 0.25) is 0 Å². The zero-order valence-electron chi connectivity index (χ0n) is 6.27. The average Bonchev–Trinajstić information content (AvgIpc) is 2.39. The molecule has 0 saturated carbocycles. The second-order valence-electron chi connectivity index (χ2n) is 2.53. The second-order valence-corrected chi connectivity index (χ2v) is 3.09. The molecular weight excluding hydrogens is 162 g/mol. The minimum absolute atomic E-state index is 0.211. The Morgan fingerprint density at radius 3 is 3.00 bits per heavy atom. The molecule has 3 N–H and O–H groups in total. The van der Waals surface area contributed by atoms with Crippen LogP contribution in [0.3, 0.4) is 0 Å². The summed E-state index contributed by atoms with van der Waals surface area (Å²) in [6.45, 7) is 1.77. The van der Waals surface area contributed by atoms with E-state index in [0.717, 1.165) is 17.4 Å². The van der Waals surface area contributed by atoms with E-state index in [0.29, 0.717) is 6.42 Å². The highest BCUT2D eigenvalue weighted by atomic mass is 32.1. The smallest absolute Gasteiger partial charge is 0.0769 e. The Hall–Kier alpha value is -0.520. The molecule has 2 unspecified atom stereocenters. The quantitative estimate of drug-likeness (QED) is 0.663. The van der Waals surface area contributed by atoms with Gasteiger partial charge in [0.15, 0.2) is 0 Å². The molecule has 11 heavy (non-hydrogen) atoms. The van der Waals surface area contributed by atoms with Gasteiger partial charge in [-0.05, 0) is 6.92 Å². The first-order valence-corrected chi connectivity index (χ1v) is 4.13. The maximum atomic E-state index is 9.31. The molecule has 0 saturated heterocycles. The summed E-state index contributed by atoms with van der Waals surface area (Å²) >= 11 is 1.14. The molecule has 0 radical (unpaired) electrons. The van der Waals surface area contributed by atoms with Crippen molar-refractivity contribution >= 4 is 11.7 Å². The van der Waals surface area contributed by atoms with Crippen molar-refractivity contribution in [3.05, 3.63) is 11.9 Å². The fourth-order valence-corrected chi connectivity index (χ4v) is 1.12. The SMILES string of the molecule is CC(N)C(O)Cc1cnsn1. The lowest BCUT2D eigenvalue weighted by Gasteiger charge is -2.11. The molecule has 1 aromatic rings. The summed E-state index contributed by atoms with van der Waals surface area (Å²) in [5.41, 5.74) is 6.26. The van der Waals surface area contributed by atoms with Crippen LogP contribution in [0.25, 0.3) is 0 Å². The number of nitrogens with two attached hydrogens (primary N) is 1. The molecule has 0 aliphatic heterocycles. The van der Waals surface area contributed by atoms with Gasteiger partial charge in [0.05, 0.1) is 29.7 Å². The van der Waals surface area contributed by atoms with Crippen molar-refractivity contribution < 1.29 is 5.11 Å². The van der Waals surface area contributed by atoms with Gasteiger partial charge in [0, 0.05) is 12.5 Å². The molecule has 0 aliphatic carbocycles. The van der Waals surface area contributed by atoms with Crippen molar-refractivity contribution in [3.63, 3.8) is 0 Å². The Morgan fingerprint density at radius 2 is 2.55 bits per heavy atom. The number of aliphatic hydroxyl groups excluding tert-OH is 1. The standard InChI is InChI=1S/C6H11N3OS/c1-4(7)6(10)2-5-3-8-11-9-5/h3-4,6,10H,2,7H2,1H3. The second kappa shape index (κ2) is 3.75. The lowest BCUT2D eigenvalue weighted by molar-refractivity contribution is 0.150. The first-order chi connectivity index (χ1) is 5.20. The van der Waals surface area contributed by atoms with Crippen LogP contribution >= 0.6 is 11.7 Å². The first kappa shape index (κ1) is 8.58. The molecule has 0 amide bonds.